The second-order valence-electron chi connectivity index (χ2n) is 6.58. The zero-order valence-corrected chi connectivity index (χ0v) is 15.2. The van der Waals surface area contributed by atoms with Crippen molar-refractivity contribution in [2.45, 2.75) is 0 Å². The fraction of sp³-hybridized carbons (Fsp3) is 0. The quantitative estimate of drug-likeness (QED) is 0.405. The molecule has 5 aromatic rings. The number of carboxylic acids is 1. The van der Waals surface area contributed by atoms with Crippen molar-refractivity contribution in [2.75, 3.05) is 0 Å². The Hall–Kier alpha value is -4.12. The fourth-order valence-corrected chi connectivity index (χ4v) is 3.35. The molecule has 4 aromatic carbocycles. The van der Waals surface area contributed by atoms with Crippen molar-refractivity contribution < 1.29 is 19.1 Å². The monoisotopic (exact) mass is 381 g/mol. The van der Waals surface area contributed by atoms with Crippen molar-refractivity contribution in [3.8, 4) is 23.0 Å². The van der Waals surface area contributed by atoms with Gasteiger partial charge in [0.25, 0.3) is 0 Å². The van der Waals surface area contributed by atoms with Crippen LogP contribution in [-0.2, 0) is 0 Å². The minimum Gasteiger partial charge on any atom is -0.478 e. The molecule has 0 radical (unpaired) electrons. The molecule has 0 spiro atoms. The smallest absolute Gasteiger partial charge is 0.336 e. The van der Waals surface area contributed by atoms with E-state index in [-0.39, 0.29) is 11.5 Å². The van der Waals surface area contributed by atoms with Crippen molar-refractivity contribution in [1.82, 2.24) is 4.98 Å². The molecule has 0 atom stereocenters. The lowest BCUT2D eigenvalue weighted by molar-refractivity contribution is 0.0697. The number of carboxylic acid groups (broad SMARTS) is 1. The molecule has 140 valence electrons. The molecule has 0 aliphatic heterocycles. The molecule has 0 unspecified atom stereocenters. The number of nitrogens with zero attached hydrogens (tertiary/aromatic N) is 1. The minimum absolute atomic E-state index is 0.145. The largest absolute Gasteiger partial charge is 0.478 e. The number of aromatic nitrogens is 1. The summed E-state index contributed by atoms with van der Waals surface area (Å²) in [4.78, 5) is 15.9. The first-order valence-corrected chi connectivity index (χ1v) is 9.08. The van der Waals surface area contributed by atoms with Crippen LogP contribution in [0.3, 0.4) is 0 Å². The predicted octanol–water partition coefficient (Wildman–Crippen LogP) is 6.14. The minimum atomic E-state index is -1.03. The molecular formula is C24H15NO4. The Morgan fingerprint density at radius 1 is 0.897 bits per heavy atom. The molecule has 0 bridgehead atoms. The maximum Gasteiger partial charge on any atom is 0.336 e. The Balaban J connectivity index is 1.54. The van der Waals surface area contributed by atoms with Gasteiger partial charge >= 0.3 is 5.97 Å². The zero-order chi connectivity index (χ0) is 19.8. The van der Waals surface area contributed by atoms with E-state index in [4.69, 9.17) is 9.15 Å². The molecule has 0 saturated carbocycles. The van der Waals surface area contributed by atoms with Gasteiger partial charge in [-0.3, -0.25) is 0 Å². The Morgan fingerprint density at radius 2 is 1.69 bits per heavy atom. The molecule has 0 aliphatic rings. The van der Waals surface area contributed by atoms with Gasteiger partial charge in [0.1, 0.15) is 17.0 Å². The highest BCUT2D eigenvalue weighted by Crippen LogP contribution is 2.33. The first kappa shape index (κ1) is 17.0. The van der Waals surface area contributed by atoms with Gasteiger partial charge < -0.3 is 14.3 Å². The molecular weight excluding hydrogens is 366 g/mol. The summed E-state index contributed by atoms with van der Waals surface area (Å²) in [6, 6.07) is 25.9. The Morgan fingerprint density at radius 3 is 2.59 bits per heavy atom. The lowest BCUT2D eigenvalue weighted by Gasteiger charge is -2.08. The van der Waals surface area contributed by atoms with Crippen LogP contribution in [0, 0.1) is 0 Å². The standard InChI is InChI=1S/C24H15NO4/c26-24(27)19-10-4-3-9-18(19)23-25-20-13-12-16(14-22(20)29-23)28-21-11-5-7-15-6-1-2-8-17(15)21/h1-14H,(H,26,27). The highest BCUT2D eigenvalue weighted by molar-refractivity contribution is 5.95. The number of carbonyl (C=O) groups is 1. The molecule has 5 nitrogen and oxygen atoms in total. The van der Waals surface area contributed by atoms with E-state index in [1.54, 1.807) is 30.3 Å². The molecule has 29 heavy (non-hydrogen) atoms. The van der Waals surface area contributed by atoms with Crippen molar-refractivity contribution in [3.05, 3.63) is 90.5 Å². The number of fused-ring (bicyclic) bond motifs is 2. The highest BCUT2D eigenvalue weighted by Gasteiger charge is 2.16. The van der Waals surface area contributed by atoms with Gasteiger partial charge in [-0.25, -0.2) is 9.78 Å². The number of ether oxygens (including phenoxy) is 1. The van der Waals surface area contributed by atoms with Gasteiger partial charge in [-0.1, -0.05) is 48.5 Å². The average molecular weight is 381 g/mol. The van der Waals surface area contributed by atoms with Crippen LogP contribution in [0.25, 0.3) is 33.3 Å². The summed E-state index contributed by atoms with van der Waals surface area (Å²) in [5.41, 5.74) is 1.74. The second kappa shape index (κ2) is 6.80. The molecule has 0 aliphatic carbocycles. The van der Waals surface area contributed by atoms with Gasteiger partial charge in [0.2, 0.25) is 5.89 Å². The third kappa shape index (κ3) is 3.08. The van der Waals surface area contributed by atoms with Crippen LogP contribution in [0.2, 0.25) is 0 Å². The van der Waals surface area contributed by atoms with Gasteiger partial charge in [-0.15, -0.1) is 0 Å². The van der Waals surface area contributed by atoms with Crippen molar-refractivity contribution >= 4 is 27.8 Å². The molecule has 1 N–H and O–H groups in total. The van der Waals surface area contributed by atoms with Crippen LogP contribution in [0.5, 0.6) is 11.5 Å². The number of rotatable bonds is 4. The summed E-state index contributed by atoms with van der Waals surface area (Å²) >= 11 is 0. The molecule has 5 heteroatoms. The van der Waals surface area contributed by atoms with E-state index in [2.05, 4.69) is 4.98 Å². The first-order valence-electron chi connectivity index (χ1n) is 9.08. The number of oxazole rings is 1. The van der Waals surface area contributed by atoms with E-state index in [0.717, 1.165) is 16.5 Å². The van der Waals surface area contributed by atoms with Gasteiger partial charge in [-0.2, -0.15) is 0 Å². The molecule has 1 aromatic heterocycles. The lowest BCUT2D eigenvalue weighted by atomic mass is 10.1. The Kier molecular flexibility index (Phi) is 3.99. The van der Waals surface area contributed by atoms with E-state index in [1.807, 2.05) is 48.5 Å². The van der Waals surface area contributed by atoms with E-state index in [0.29, 0.717) is 22.4 Å². The third-order valence-corrected chi connectivity index (χ3v) is 4.73. The van der Waals surface area contributed by atoms with Crippen LogP contribution in [0.4, 0.5) is 0 Å². The maximum atomic E-state index is 11.5. The van der Waals surface area contributed by atoms with Gasteiger partial charge in [0, 0.05) is 11.5 Å². The number of hydrogen-bond donors (Lipinski definition) is 1. The second-order valence-corrected chi connectivity index (χ2v) is 6.58. The van der Waals surface area contributed by atoms with E-state index < -0.39 is 5.97 Å². The summed E-state index contributed by atoms with van der Waals surface area (Å²) in [6.45, 7) is 0. The number of aromatic carboxylic acids is 1. The fourth-order valence-electron chi connectivity index (χ4n) is 3.35. The highest BCUT2D eigenvalue weighted by atomic mass is 16.5. The molecule has 0 saturated heterocycles. The van der Waals surface area contributed by atoms with E-state index >= 15 is 0 Å². The van der Waals surface area contributed by atoms with Crippen LogP contribution < -0.4 is 4.74 Å². The summed E-state index contributed by atoms with van der Waals surface area (Å²) in [5.74, 6) is 0.602. The van der Waals surface area contributed by atoms with Crippen LogP contribution in [0.1, 0.15) is 10.4 Å². The number of benzene rings is 4. The molecule has 0 amide bonds. The summed E-state index contributed by atoms with van der Waals surface area (Å²) < 4.78 is 12.0. The maximum absolute atomic E-state index is 11.5. The van der Waals surface area contributed by atoms with Crippen molar-refractivity contribution in [3.63, 3.8) is 0 Å². The van der Waals surface area contributed by atoms with Crippen LogP contribution >= 0.6 is 0 Å². The van der Waals surface area contributed by atoms with Crippen molar-refractivity contribution in [2.24, 2.45) is 0 Å². The Labute approximate surface area is 165 Å². The average Bonchev–Trinajstić information content (AvgIpc) is 3.17. The summed E-state index contributed by atoms with van der Waals surface area (Å²) in [6.07, 6.45) is 0. The SMILES string of the molecule is O=C(O)c1ccccc1-c1nc2ccc(Oc3cccc4ccccc34)cc2o1. The predicted molar refractivity (Wildman–Crippen MR) is 110 cm³/mol. The van der Waals surface area contributed by atoms with Gasteiger partial charge in [0.15, 0.2) is 5.58 Å². The molecule has 0 fully saturated rings. The third-order valence-electron chi connectivity index (χ3n) is 4.73. The molecule has 1 heterocycles. The van der Waals surface area contributed by atoms with E-state index in [9.17, 15) is 9.90 Å². The Bertz CT molecular complexity index is 1360. The summed E-state index contributed by atoms with van der Waals surface area (Å²) in [5, 5.41) is 11.5. The first-order chi connectivity index (χ1) is 14.2. The zero-order valence-electron chi connectivity index (χ0n) is 15.2. The summed E-state index contributed by atoms with van der Waals surface area (Å²) in [7, 11) is 0. The van der Waals surface area contributed by atoms with Gasteiger partial charge in [0.05, 0.1) is 11.1 Å². The van der Waals surface area contributed by atoms with E-state index in [1.165, 1.54) is 6.07 Å². The number of hydrogen-bond acceptors (Lipinski definition) is 4. The normalized spacial score (nSPS) is 11.0. The lowest BCUT2D eigenvalue weighted by Crippen LogP contribution is -1.98. The van der Waals surface area contributed by atoms with Gasteiger partial charge in [-0.05, 0) is 35.7 Å². The topological polar surface area (TPSA) is 72.6 Å². The van der Waals surface area contributed by atoms with Crippen LogP contribution in [-0.4, -0.2) is 16.1 Å². The van der Waals surface area contributed by atoms with Crippen LogP contribution in [0.15, 0.2) is 89.3 Å². The van der Waals surface area contributed by atoms with Crippen molar-refractivity contribution in [1.29, 1.82) is 0 Å². The molecule has 5 rings (SSSR count).